The molecule has 0 N–H and O–H groups in total. The molecule has 0 aliphatic heterocycles. The van der Waals surface area contributed by atoms with Crippen LogP contribution in [0.1, 0.15) is 54.7 Å². The number of ether oxygens (including phenoxy) is 1. The maximum absolute atomic E-state index is 10.8. The molecule has 0 atom stereocenters. The van der Waals surface area contributed by atoms with E-state index in [0.29, 0.717) is 12.5 Å². The predicted octanol–water partition coefficient (Wildman–Crippen LogP) is 8.10. The van der Waals surface area contributed by atoms with E-state index < -0.39 is 4.92 Å². The lowest BCUT2D eigenvalue weighted by molar-refractivity contribution is -0.384. The monoisotopic (exact) mass is 497 g/mol. The van der Waals surface area contributed by atoms with Gasteiger partial charge in [0.25, 0.3) is 5.69 Å². The first-order valence-electron chi connectivity index (χ1n) is 12.2. The average molecular weight is 498 g/mol. The van der Waals surface area contributed by atoms with Gasteiger partial charge in [-0.25, -0.2) is 9.98 Å². The molecule has 1 saturated carbocycles. The third-order valence-corrected chi connectivity index (χ3v) is 7.28. The number of non-ortho nitro benzene ring substituents is 1. The Bertz CT molecular complexity index is 1320. The van der Waals surface area contributed by atoms with Crippen molar-refractivity contribution in [1.82, 2.24) is 4.98 Å². The molecule has 0 spiro atoms. The molecule has 0 bridgehead atoms. The zero-order valence-electron chi connectivity index (χ0n) is 19.9. The molecule has 0 radical (unpaired) electrons. The summed E-state index contributed by atoms with van der Waals surface area (Å²) < 4.78 is 5.78. The van der Waals surface area contributed by atoms with Crippen LogP contribution in [-0.2, 0) is 6.61 Å². The van der Waals surface area contributed by atoms with Crippen LogP contribution in [-0.4, -0.2) is 16.1 Å². The fourth-order valence-corrected chi connectivity index (χ4v) is 5.15. The highest BCUT2D eigenvalue weighted by Crippen LogP contribution is 2.34. The molecule has 1 aromatic heterocycles. The van der Waals surface area contributed by atoms with Crippen LogP contribution in [0.3, 0.4) is 0 Å². The minimum Gasteiger partial charge on any atom is -0.489 e. The lowest BCUT2D eigenvalue weighted by Crippen LogP contribution is -2.04. The summed E-state index contributed by atoms with van der Waals surface area (Å²) in [6.07, 6.45) is 8.48. The molecule has 1 aliphatic rings. The predicted molar refractivity (Wildman–Crippen MR) is 145 cm³/mol. The van der Waals surface area contributed by atoms with Gasteiger partial charge in [0, 0.05) is 29.3 Å². The average Bonchev–Trinajstić information content (AvgIpc) is 3.41. The standard InChI is InChI=1S/C29H27N3O3S/c33-32(34)26-14-6-22(7-15-26)19-35-27-16-8-21(9-17-27)18-30-29-31-28(20-36-29)25-12-10-24(11-13-25)23-4-2-1-3-5-23/h6-18,20,23H,1-5,19H2. The van der Waals surface area contributed by atoms with E-state index in [0.717, 1.165) is 33.3 Å². The topological polar surface area (TPSA) is 77.6 Å². The van der Waals surface area contributed by atoms with Gasteiger partial charge < -0.3 is 4.74 Å². The summed E-state index contributed by atoms with van der Waals surface area (Å²) in [6.45, 7) is 0.342. The minimum atomic E-state index is -0.410. The van der Waals surface area contributed by atoms with Crippen molar-refractivity contribution in [1.29, 1.82) is 0 Å². The molecule has 1 aliphatic carbocycles. The van der Waals surface area contributed by atoms with E-state index in [9.17, 15) is 10.1 Å². The Hall–Kier alpha value is -3.84. The fraction of sp³-hybridized carbons (Fsp3) is 0.241. The number of nitro groups is 1. The number of nitrogens with zero attached hydrogens (tertiary/aromatic N) is 3. The molecule has 5 rings (SSSR count). The quantitative estimate of drug-likeness (QED) is 0.140. The normalized spacial score (nSPS) is 14.2. The van der Waals surface area contributed by atoms with E-state index in [4.69, 9.17) is 4.74 Å². The van der Waals surface area contributed by atoms with E-state index in [1.165, 1.54) is 61.1 Å². The van der Waals surface area contributed by atoms with Gasteiger partial charge in [0.05, 0.1) is 10.6 Å². The van der Waals surface area contributed by atoms with E-state index in [1.54, 1.807) is 18.3 Å². The van der Waals surface area contributed by atoms with Gasteiger partial charge in [-0.2, -0.15) is 0 Å². The second-order valence-electron chi connectivity index (χ2n) is 9.01. The number of aliphatic imine (C=N–C) groups is 1. The van der Waals surface area contributed by atoms with Crippen LogP contribution in [0.15, 0.2) is 83.2 Å². The highest BCUT2D eigenvalue weighted by Gasteiger charge is 2.15. The van der Waals surface area contributed by atoms with Gasteiger partial charge in [0.15, 0.2) is 0 Å². The number of nitro benzene ring substituents is 1. The Morgan fingerprint density at radius 1 is 0.972 bits per heavy atom. The Morgan fingerprint density at radius 3 is 2.39 bits per heavy atom. The molecule has 182 valence electrons. The summed E-state index contributed by atoms with van der Waals surface area (Å²) in [5.74, 6) is 1.43. The molecular weight excluding hydrogens is 470 g/mol. The van der Waals surface area contributed by atoms with E-state index in [2.05, 4.69) is 39.6 Å². The van der Waals surface area contributed by atoms with E-state index >= 15 is 0 Å². The maximum Gasteiger partial charge on any atom is 0.269 e. The highest BCUT2D eigenvalue weighted by atomic mass is 32.1. The zero-order chi connectivity index (χ0) is 24.7. The van der Waals surface area contributed by atoms with Gasteiger partial charge in [-0.15, -0.1) is 11.3 Å². The number of benzene rings is 3. The van der Waals surface area contributed by atoms with Gasteiger partial charge in [-0.3, -0.25) is 10.1 Å². The van der Waals surface area contributed by atoms with E-state index in [-0.39, 0.29) is 5.69 Å². The molecule has 0 saturated heterocycles. The molecule has 0 amide bonds. The van der Waals surface area contributed by atoms with Crippen LogP contribution < -0.4 is 4.74 Å². The number of thiazole rings is 1. The smallest absolute Gasteiger partial charge is 0.269 e. The second-order valence-corrected chi connectivity index (χ2v) is 9.85. The lowest BCUT2D eigenvalue weighted by Gasteiger charge is -2.22. The van der Waals surface area contributed by atoms with Crippen molar-refractivity contribution < 1.29 is 9.66 Å². The van der Waals surface area contributed by atoms with Gasteiger partial charge in [-0.05, 0) is 71.8 Å². The molecule has 7 heteroatoms. The number of aromatic nitrogens is 1. The number of hydrogen-bond donors (Lipinski definition) is 0. The largest absolute Gasteiger partial charge is 0.489 e. The molecule has 36 heavy (non-hydrogen) atoms. The number of hydrogen-bond acceptors (Lipinski definition) is 6. The Balaban J connectivity index is 1.16. The van der Waals surface area contributed by atoms with Crippen molar-refractivity contribution in [2.24, 2.45) is 4.99 Å². The van der Waals surface area contributed by atoms with Crippen LogP contribution in [0.4, 0.5) is 10.8 Å². The molecule has 0 unspecified atom stereocenters. The highest BCUT2D eigenvalue weighted by molar-refractivity contribution is 7.13. The van der Waals surface area contributed by atoms with Gasteiger partial charge >= 0.3 is 0 Å². The molecule has 3 aromatic carbocycles. The summed E-state index contributed by atoms with van der Waals surface area (Å²) in [5.41, 5.74) is 5.43. The van der Waals surface area contributed by atoms with Gasteiger partial charge in [-0.1, -0.05) is 43.5 Å². The van der Waals surface area contributed by atoms with Crippen molar-refractivity contribution in [3.05, 3.63) is 105 Å². The Labute approximate surface area is 214 Å². The third kappa shape index (κ3) is 6.04. The maximum atomic E-state index is 10.8. The summed E-state index contributed by atoms with van der Waals surface area (Å²) in [4.78, 5) is 19.6. The van der Waals surface area contributed by atoms with Crippen LogP contribution >= 0.6 is 11.3 Å². The molecule has 6 nitrogen and oxygen atoms in total. The van der Waals surface area contributed by atoms with Crippen LogP contribution in [0, 0.1) is 10.1 Å². The first kappa shape index (κ1) is 23.9. The molecule has 1 fully saturated rings. The second kappa shape index (κ2) is 11.3. The third-order valence-electron chi connectivity index (χ3n) is 6.53. The van der Waals surface area contributed by atoms with Crippen molar-refractivity contribution in [3.63, 3.8) is 0 Å². The summed E-state index contributed by atoms with van der Waals surface area (Å²) in [5, 5.41) is 13.5. The van der Waals surface area contributed by atoms with Crippen LogP contribution in [0.5, 0.6) is 5.75 Å². The van der Waals surface area contributed by atoms with Crippen molar-refractivity contribution >= 4 is 28.4 Å². The van der Waals surface area contributed by atoms with E-state index in [1.807, 2.05) is 24.3 Å². The first-order valence-corrected chi connectivity index (χ1v) is 13.1. The number of rotatable bonds is 8. The fourth-order valence-electron chi connectivity index (χ4n) is 4.48. The Morgan fingerprint density at radius 2 is 1.69 bits per heavy atom. The van der Waals surface area contributed by atoms with Crippen molar-refractivity contribution in [3.8, 4) is 17.0 Å². The van der Waals surface area contributed by atoms with Gasteiger partial charge in [0.2, 0.25) is 5.13 Å². The van der Waals surface area contributed by atoms with Crippen molar-refractivity contribution in [2.75, 3.05) is 0 Å². The summed E-state index contributed by atoms with van der Waals surface area (Å²) in [6, 6.07) is 22.9. The molecule has 4 aromatic rings. The van der Waals surface area contributed by atoms with Crippen LogP contribution in [0.2, 0.25) is 0 Å². The zero-order valence-corrected chi connectivity index (χ0v) is 20.7. The lowest BCUT2D eigenvalue weighted by atomic mass is 9.84. The summed E-state index contributed by atoms with van der Waals surface area (Å²) >= 11 is 1.53. The molecule has 1 heterocycles. The first-order chi connectivity index (χ1) is 17.6. The molecular formula is C29H27N3O3S. The van der Waals surface area contributed by atoms with Crippen LogP contribution in [0.25, 0.3) is 11.3 Å². The Kier molecular flexibility index (Phi) is 7.47. The SMILES string of the molecule is O=[N+]([O-])c1ccc(COc2ccc(C=Nc3nc(-c4ccc(C5CCCCC5)cc4)cs3)cc2)cc1. The summed E-state index contributed by atoms with van der Waals surface area (Å²) in [7, 11) is 0. The van der Waals surface area contributed by atoms with Gasteiger partial charge in [0.1, 0.15) is 12.4 Å². The minimum absolute atomic E-state index is 0.0716. The van der Waals surface area contributed by atoms with Crippen molar-refractivity contribution in [2.45, 2.75) is 44.6 Å².